The summed E-state index contributed by atoms with van der Waals surface area (Å²) in [5.41, 5.74) is 2.82. The molecule has 0 radical (unpaired) electrons. The smallest absolute Gasteiger partial charge is 0.266 e. The van der Waals surface area contributed by atoms with E-state index in [2.05, 4.69) is 0 Å². The van der Waals surface area contributed by atoms with E-state index in [1.807, 2.05) is 49.4 Å². The van der Waals surface area contributed by atoms with Crippen molar-refractivity contribution in [2.45, 2.75) is 19.1 Å². The first-order chi connectivity index (χ1) is 14.5. The second-order valence-electron chi connectivity index (χ2n) is 7.56. The zero-order valence-electron chi connectivity index (χ0n) is 16.2. The second-order valence-corrected chi connectivity index (χ2v) is 7.56. The Hall–Kier alpha value is -3.51. The average Bonchev–Trinajstić information content (AvgIpc) is 3.26. The van der Waals surface area contributed by atoms with Crippen LogP contribution in [0.4, 0.5) is 15.8 Å². The number of fused-ring (bicyclic) bond motifs is 1. The molecule has 2 aliphatic rings. The van der Waals surface area contributed by atoms with Crippen LogP contribution in [0.1, 0.15) is 17.2 Å². The summed E-state index contributed by atoms with van der Waals surface area (Å²) in [6.45, 7) is 1.94. The van der Waals surface area contributed by atoms with Crippen LogP contribution in [0.5, 0.6) is 0 Å². The van der Waals surface area contributed by atoms with Crippen LogP contribution in [0.3, 0.4) is 0 Å². The molecule has 0 aliphatic carbocycles. The zero-order chi connectivity index (χ0) is 20.8. The first-order valence-electron chi connectivity index (χ1n) is 9.75. The summed E-state index contributed by atoms with van der Waals surface area (Å²) < 4.78 is 14.0. The maximum atomic E-state index is 14.0. The number of benzene rings is 3. The molecule has 2 saturated heterocycles. The van der Waals surface area contributed by atoms with Crippen molar-refractivity contribution in [2.24, 2.45) is 5.92 Å². The van der Waals surface area contributed by atoms with Gasteiger partial charge >= 0.3 is 0 Å². The lowest BCUT2D eigenvalue weighted by Crippen LogP contribution is -2.37. The number of amides is 2. The molecule has 0 bridgehead atoms. The Kier molecular flexibility index (Phi) is 4.37. The Morgan fingerprint density at radius 3 is 2.27 bits per heavy atom. The maximum absolute atomic E-state index is 14.0. The number of rotatable bonds is 3. The maximum Gasteiger partial charge on any atom is 0.266 e. The van der Waals surface area contributed by atoms with E-state index in [1.54, 1.807) is 29.3 Å². The summed E-state index contributed by atoms with van der Waals surface area (Å²) in [4.78, 5) is 33.8. The molecule has 3 atom stereocenters. The molecule has 6 heteroatoms. The summed E-state index contributed by atoms with van der Waals surface area (Å²) >= 11 is 0. The summed E-state index contributed by atoms with van der Waals surface area (Å²) in [5.74, 6) is -1.94. The van der Waals surface area contributed by atoms with Crippen LogP contribution in [-0.2, 0) is 14.4 Å². The Labute approximate surface area is 173 Å². The molecule has 3 aromatic carbocycles. The summed E-state index contributed by atoms with van der Waals surface area (Å²) in [6.07, 6.45) is -0.965. The van der Waals surface area contributed by atoms with Gasteiger partial charge in [0, 0.05) is 0 Å². The fourth-order valence-corrected chi connectivity index (χ4v) is 4.19. The van der Waals surface area contributed by atoms with Crippen LogP contribution >= 0.6 is 0 Å². The number of carbonyl (C=O) groups excluding carboxylic acids is 2. The van der Waals surface area contributed by atoms with E-state index in [1.165, 1.54) is 17.0 Å². The van der Waals surface area contributed by atoms with Crippen molar-refractivity contribution < 1.29 is 18.8 Å². The summed E-state index contributed by atoms with van der Waals surface area (Å²) in [6, 6.07) is 21.9. The minimum absolute atomic E-state index is 0.346. The van der Waals surface area contributed by atoms with Crippen molar-refractivity contribution in [3.63, 3.8) is 0 Å². The van der Waals surface area contributed by atoms with E-state index < -0.39 is 29.8 Å². The van der Waals surface area contributed by atoms with E-state index >= 15 is 0 Å². The van der Waals surface area contributed by atoms with E-state index in [4.69, 9.17) is 4.84 Å². The molecule has 2 aliphatic heterocycles. The Bertz CT molecular complexity index is 1120. The van der Waals surface area contributed by atoms with Gasteiger partial charge in [0.25, 0.3) is 5.91 Å². The molecule has 2 heterocycles. The van der Waals surface area contributed by atoms with Crippen LogP contribution < -0.4 is 9.96 Å². The minimum Gasteiger partial charge on any atom is -0.273 e. The lowest BCUT2D eigenvalue weighted by Gasteiger charge is -2.28. The SMILES string of the molecule is Cc1ccc(N2C(=O)C3ON(c4ccccc4)C(c4cccc(F)c4)C3C2=O)cc1. The van der Waals surface area contributed by atoms with Gasteiger partial charge in [-0.3, -0.25) is 14.4 Å². The van der Waals surface area contributed by atoms with E-state index in [0.29, 0.717) is 16.9 Å². The number of hydroxylamine groups is 1. The van der Waals surface area contributed by atoms with Gasteiger partial charge in [-0.1, -0.05) is 48.0 Å². The third-order valence-corrected chi connectivity index (χ3v) is 5.61. The van der Waals surface area contributed by atoms with Crippen LogP contribution in [0.2, 0.25) is 0 Å². The van der Waals surface area contributed by atoms with E-state index in [0.717, 1.165) is 5.56 Å². The molecule has 2 fully saturated rings. The number of nitrogens with zero attached hydrogens (tertiary/aromatic N) is 2. The minimum atomic E-state index is -0.965. The third-order valence-electron chi connectivity index (χ3n) is 5.61. The molecule has 150 valence electrons. The zero-order valence-corrected chi connectivity index (χ0v) is 16.2. The quantitative estimate of drug-likeness (QED) is 0.617. The van der Waals surface area contributed by atoms with Gasteiger partial charge in [-0.05, 0) is 48.9 Å². The molecule has 0 aromatic heterocycles. The van der Waals surface area contributed by atoms with Crippen LogP contribution in [-0.4, -0.2) is 17.9 Å². The fourth-order valence-electron chi connectivity index (χ4n) is 4.19. The molecular weight excluding hydrogens is 383 g/mol. The van der Waals surface area contributed by atoms with Crippen LogP contribution in [0.25, 0.3) is 0 Å². The first kappa shape index (κ1) is 18.5. The first-order valence-corrected chi connectivity index (χ1v) is 9.75. The van der Waals surface area contributed by atoms with Gasteiger partial charge < -0.3 is 0 Å². The predicted molar refractivity (Wildman–Crippen MR) is 110 cm³/mol. The highest BCUT2D eigenvalue weighted by Crippen LogP contribution is 2.47. The standard InChI is InChI=1S/C24H19FN2O3/c1-15-10-12-18(13-11-15)26-23(28)20-21(16-6-5-7-17(25)14-16)27(30-22(20)24(26)29)19-8-3-2-4-9-19/h2-14,20-22H,1H3. The Morgan fingerprint density at radius 1 is 0.833 bits per heavy atom. The number of imide groups is 1. The summed E-state index contributed by atoms with van der Waals surface area (Å²) in [7, 11) is 0. The molecule has 3 unspecified atom stereocenters. The average molecular weight is 402 g/mol. The van der Waals surface area contributed by atoms with Gasteiger partial charge in [-0.2, -0.15) is 0 Å². The van der Waals surface area contributed by atoms with Crippen molar-refractivity contribution >= 4 is 23.2 Å². The monoisotopic (exact) mass is 402 g/mol. The van der Waals surface area contributed by atoms with Crippen molar-refractivity contribution in [1.82, 2.24) is 0 Å². The normalized spacial score (nSPS) is 23.2. The van der Waals surface area contributed by atoms with Crippen molar-refractivity contribution in [2.75, 3.05) is 9.96 Å². The largest absolute Gasteiger partial charge is 0.273 e. The highest BCUT2D eigenvalue weighted by atomic mass is 19.1. The Balaban J connectivity index is 1.59. The number of hydrogen-bond donors (Lipinski definition) is 0. The lowest BCUT2D eigenvalue weighted by molar-refractivity contribution is -0.126. The number of hydrogen-bond acceptors (Lipinski definition) is 4. The van der Waals surface area contributed by atoms with Gasteiger partial charge in [-0.25, -0.2) is 14.4 Å². The highest BCUT2D eigenvalue weighted by molar-refractivity contribution is 6.23. The molecule has 0 N–H and O–H groups in total. The van der Waals surface area contributed by atoms with Crippen molar-refractivity contribution in [3.05, 3.63) is 95.8 Å². The van der Waals surface area contributed by atoms with Crippen molar-refractivity contribution in [3.8, 4) is 0 Å². The van der Waals surface area contributed by atoms with E-state index in [-0.39, 0.29) is 5.91 Å². The molecule has 2 amide bonds. The molecule has 3 aromatic rings. The number of para-hydroxylation sites is 1. The molecule has 5 nitrogen and oxygen atoms in total. The van der Waals surface area contributed by atoms with Gasteiger partial charge in [0.1, 0.15) is 11.7 Å². The molecular formula is C24H19FN2O3. The van der Waals surface area contributed by atoms with E-state index in [9.17, 15) is 14.0 Å². The van der Waals surface area contributed by atoms with Gasteiger partial charge in [0.15, 0.2) is 6.10 Å². The van der Waals surface area contributed by atoms with Crippen molar-refractivity contribution in [1.29, 1.82) is 0 Å². The molecule has 5 rings (SSSR count). The lowest BCUT2D eigenvalue weighted by atomic mass is 9.90. The fraction of sp³-hybridized carbons (Fsp3) is 0.167. The topological polar surface area (TPSA) is 49.9 Å². The Morgan fingerprint density at radius 2 is 1.57 bits per heavy atom. The predicted octanol–water partition coefficient (Wildman–Crippen LogP) is 4.19. The third kappa shape index (κ3) is 2.88. The molecule has 0 spiro atoms. The molecule has 30 heavy (non-hydrogen) atoms. The second kappa shape index (κ2) is 7.07. The number of carbonyl (C=O) groups is 2. The number of anilines is 2. The van der Waals surface area contributed by atoms with Gasteiger partial charge in [0.05, 0.1) is 17.4 Å². The number of aryl methyl sites for hydroxylation is 1. The summed E-state index contributed by atoms with van der Waals surface area (Å²) in [5, 5.41) is 1.56. The van der Waals surface area contributed by atoms with Crippen LogP contribution in [0.15, 0.2) is 78.9 Å². The molecule has 0 saturated carbocycles. The van der Waals surface area contributed by atoms with Gasteiger partial charge in [-0.15, -0.1) is 0 Å². The van der Waals surface area contributed by atoms with Crippen LogP contribution in [0, 0.1) is 18.7 Å². The van der Waals surface area contributed by atoms with Gasteiger partial charge in [0.2, 0.25) is 5.91 Å². The number of halogens is 1. The highest BCUT2D eigenvalue weighted by Gasteiger charge is 2.60.